The van der Waals surface area contributed by atoms with Crippen molar-refractivity contribution in [2.24, 2.45) is 0 Å². The Morgan fingerprint density at radius 3 is 1.16 bits per heavy atom. The van der Waals surface area contributed by atoms with Crippen molar-refractivity contribution in [2.75, 3.05) is 40.9 Å². The molecule has 0 bridgehead atoms. The number of esters is 1. The van der Waals surface area contributed by atoms with Crippen LogP contribution in [0.4, 0.5) is 0 Å². The van der Waals surface area contributed by atoms with E-state index in [9.17, 15) is 19.0 Å². The van der Waals surface area contributed by atoms with Gasteiger partial charge in [0.15, 0.2) is 0 Å². The van der Waals surface area contributed by atoms with E-state index in [-0.39, 0.29) is 25.1 Å². The number of phosphoric acid groups is 1. The molecule has 0 fully saturated rings. The summed E-state index contributed by atoms with van der Waals surface area (Å²) in [7, 11) is 1.51. The molecule has 0 spiro atoms. The molecule has 0 saturated heterocycles. The maximum atomic E-state index is 13.6. The van der Waals surface area contributed by atoms with Crippen LogP contribution in [-0.4, -0.2) is 74.3 Å². The van der Waals surface area contributed by atoms with E-state index in [1.165, 1.54) is 244 Å². The van der Waals surface area contributed by atoms with Gasteiger partial charge in [-0.1, -0.05) is 302 Å². The number of nitrogens with zero attached hydrogens (tertiary/aromatic N) is 1. The lowest BCUT2D eigenvalue weighted by atomic mass is 10.0. The van der Waals surface area contributed by atoms with Gasteiger partial charge in [0.05, 0.1) is 33.8 Å². The monoisotopic (exact) mass is 1130 g/mol. The molecule has 0 radical (unpaired) electrons. The predicted octanol–water partition coefficient (Wildman–Crippen LogP) is 21.5. The van der Waals surface area contributed by atoms with Gasteiger partial charge in [-0.2, -0.15) is 0 Å². The van der Waals surface area contributed by atoms with Gasteiger partial charge in [0.2, 0.25) is 5.91 Å². The van der Waals surface area contributed by atoms with E-state index in [1.54, 1.807) is 0 Å². The summed E-state index contributed by atoms with van der Waals surface area (Å²) in [6.45, 7) is 7.04. The number of carbonyl (C=O) groups excluding carboxylic acids is 2. The van der Waals surface area contributed by atoms with Crippen LogP contribution >= 0.6 is 7.82 Å². The van der Waals surface area contributed by atoms with Gasteiger partial charge < -0.3 is 19.4 Å². The Kier molecular flexibility index (Phi) is 58.1. The van der Waals surface area contributed by atoms with Crippen molar-refractivity contribution >= 4 is 19.7 Å². The second-order valence-electron chi connectivity index (χ2n) is 24.7. The molecule has 3 atom stereocenters. The molecule has 0 aromatic carbocycles. The van der Waals surface area contributed by atoms with Gasteiger partial charge in [-0.3, -0.25) is 18.6 Å². The molecule has 3 unspecified atom stereocenters. The van der Waals surface area contributed by atoms with E-state index in [4.69, 9.17) is 13.8 Å². The van der Waals surface area contributed by atoms with Gasteiger partial charge in [-0.05, 0) is 63.9 Å². The van der Waals surface area contributed by atoms with Gasteiger partial charge in [0.25, 0.3) is 0 Å². The number of amides is 1. The zero-order chi connectivity index (χ0) is 57.9. The molecule has 0 saturated carbocycles. The topological polar surface area (TPSA) is 111 Å². The first-order valence-corrected chi connectivity index (χ1v) is 35.8. The first-order valence-electron chi connectivity index (χ1n) is 34.3. The number of ether oxygens (including phenoxy) is 1. The molecule has 0 aliphatic carbocycles. The van der Waals surface area contributed by atoms with Gasteiger partial charge in [-0.15, -0.1) is 0 Å². The highest BCUT2D eigenvalue weighted by Crippen LogP contribution is 2.43. The minimum absolute atomic E-state index is 0.0427. The van der Waals surface area contributed by atoms with Crippen LogP contribution < -0.4 is 5.32 Å². The summed E-state index contributed by atoms with van der Waals surface area (Å²) in [6.07, 6.45) is 72.9. The standard InChI is InChI=1S/C69H133N2O7P/c1-7-10-13-16-19-22-25-27-29-31-33-35-37-39-41-43-46-49-52-55-58-61-68(72)70-66(65-77-79(74,75)76-64-63-71(4,5)6)67(60-57-54-51-48-45-24-21-18-15-12-9-3)78-69(73)62-59-56-53-50-47-44-42-40-38-36-34-32-30-28-26-23-20-17-14-11-8-2/h20,23,28,30,57,60,66-67H,7-19,21-22,24-27,29,31-56,58-59,61-65H2,1-6H3,(H-,70,72,74,75)/p+1/b23-20-,30-28-,60-57+. The number of hydrogen-bond donors (Lipinski definition) is 2. The quantitative estimate of drug-likeness (QED) is 0.0205. The second-order valence-corrected chi connectivity index (χ2v) is 26.2. The summed E-state index contributed by atoms with van der Waals surface area (Å²) in [5.74, 6) is -0.490. The molecule has 466 valence electrons. The fourth-order valence-electron chi connectivity index (χ4n) is 10.3. The molecule has 2 N–H and O–H groups in total. The molecule has 0 aliphatic heterocycles. The Labute approximate surface area is 491 Å². The van der Waals surface area contributed by atoms with Crippen molar-refractivity contribution in [2.45, 2.75) is 354 Å². The minimum Gasteiger partial charge on any atom is -0.456 e. The number of allylic oxidation sites excluding steroid dienone is 5. The molecular formula is C69H134N2O7P+. The van der Waals surface area contributed by atoms with Gasteiger partial charge in [0.1, 0.15) is 19.3 Å². The zero-order valence-electron chi connectivity index (χ0n) is 53.4. The summed E-state index contributed by atoms with van der Waals surface area (Å²) in [4.78, 5) is 37.8. The maximum absolute atomic E-state index is 13.6. The summed E-state index contributed by atoms with van der Waals surface area (Å²) in [6, 6.07) is -0.845. The van der Waals surface area contributed by atoms with Crippen LogP contribution in [0.15, 0.2) is 36.5 Å². The van der Waals surface area contributed by atoms with Crippen molar-refractivity contribution < 1.29 is 37.3 Å². The van der Waals surface area contributed by atoms with Crippen molar-refractivity contribution in [3.05, 3.63) is 36.5 Å². The Hall–Kier alpha value is -1.77. The van der Waals surface area contributed by atoms with Crippen LogP contribution in [0.1, 0.15) is 342 Å². The molecule has 79 heavy (non-hydrogen) atoms. The third-order valence-corrected chi connectivity index (χ3v) is 16.6. The van der Waals surface area contributed by atoms with Crippen molar-refractivity contribution in [1.82, 2.24) is 5.32 Å². The third-order valence-electron chi connectivity index (χ3n) is 15.6. The number of carbonyl (C=O) groups is 2. The number of likely N-dealkylation sites (N-methyl/N-ethyl adjacent to an activating group) is 1. The fraction of sp³-hybridized carbons (Fsp3) is 0.884. The Morgan fingerprint density at radius 2 is 0.772 bits per heavy atom. The highest BCUT2D eigenvalue weighted by molar-refractivity contribution is 7.47. The maximum Gasteiger partial charge on any atom is 0.472 e. The molecule has 0 rings (SSSR count). The number of quaternary nitrogens is 1. The van der Waals surface area contributed by atoms with Crippen molar-refractivity contribution in [1.29, 1.82) is 0 Å². The molecule has 0 aromatic rings. The second kappa shape index (κ2) is 59.4. The largest absolute Gasteiger partial charge is 0.472 e. The zero-order valence-corrected chi connectivity index (χ0v) is 54.3. The SMILES string of the molecule is CCCCC/C=C\C/C=C\CCCCCCCCCCCCCC(=O)OC(/C=C/CCCCCCCCCCC)C(COP(=O)(O)OCC[N+](C)(C)C)NC(=O)CCCCCCCCCCCCCCCCCCCCCCC. The normalized spacial score (nSPS) is 13.8. The van der Waals surface area contributed by atoms with Crippen LogP contribution in [0.3, 0.4) is 0 Å². The number of unbranched alkanes of at least 4 members (excludes halogenated alkanes) is 43. The molecule has 1 amide bonds. The van der Waals surface area contributed by atoms with E-state index in [0.29, 0.717) is 23.9 Å². The fourth-order valence-corrected chi connectivity index (χ4v) is 11.0. The predicted molar refractivity (Wildman–Crippen MR) is 342 cm³/mol. The molecule has 0 heterocycles. The molecule has 0 aliphatic rings. The summed E-state index contributed by atoms with van der Waals surface area (Å²) < 4.78 is 30.8. The van der Waals surface area contributed by atoms with Crippen LogP contribution in [0, 0.1) is 0 Å². The number of rotatable bonds is 63. The molecule has 9 nitrogen and oxygen atoms in total. The molecular weight excluding hydrogens is 1000 g/mol. The summed E-state index contributed by atoms with van der Waals surface area (Å²) in [5, 5.41) is 3.07. The number of nitrogens with one attached hydrogen (secondary N) is 1. The highest BCUT2D eigenvalue weighted by Gasteiger charge is 2.30. The van der Waals surface area contributed by atoms with Crippen LogP contribution in [0.5, 0.6) is 0 Å². The van der Waals surface area contributed by atoms with E-state index in [2.05, 4.69) is 50.4 Å². The first kappa shape index (κ1) is 77.2. The Bertz CT molecular complexity index is 1450. The summed E-state index contributed by atoms with van der Waals surface area (Å²) in [5.41, 5.74) is 0. The smallest absolute Gasteiger partial charge is 0.456 e. The number of hydrogen-bond acceptors (Lipinski definition) is 6. The van der Waals surface area contributed by atoms with Crippen LogP contribution in [-0.2, 0) is 27.9 Å². The summed E-state index contributed by atoms with van der Waals surface area (Å²) >= 11 is 0. The van der Waals surface area contributed by atoms with E-state index in [0.717, 1.165) is 64.2 Å². The van der Waals surface area contributed by atoms with Gasteiger partial charge >= 0.3 is 13.8 Å². The minimum atomic E-state index is -4.45. The van der Waals surface area contributed by atoms with E-state index < -0.39 is 20.0 Å². The van der Waals surface area contributed by atoms with Crippen LogP contribution in [0.25, 0.3) is 0 Å². The highest BCUT2D eigenvalue weighted by atomic mass is 31.2. The third kappa shape index (κ3) is 60.6. The molecule has 0 aromatic heterocycles. The van der Waals surface area contributed by atoms with E-state index in [1.807, 2.05) is 33.3 Å². The Balaban J connectivity index is 5.06. The van der Waals surface area contributed by atoms with Crippen LogP contribution in [0.2, 0.25) is 0 Å². The lowest BCUT2D eigenvalue weighted by molar-refractivity contribution is -0.870. The average Bonchev–Trinajstić information content (AvgIpc) is 3.41. The molecule has 10 heteroatoms. The Morgan fingerprint density at radius 1 is 0.443 bits per heavy atom. The van der Waals surface area contributed by atoms with Crippen molar-refractivity contribution in [3.8, 4) is 0 Å². The average molecular weight is 1130 g/mol. The van der Waals surface area contributed by atoms with Crippen molar-refractivity contribution in [3.63, 3.8) is 0 Å². The number of phosphoric ester groups is 1. The lowest BCUT2D eigenvalue weighted by Gasteiger charge is -2.27. The van der Waals surface area contributed by atoms with E-state index >= 15 is 0 Å². The lowest BCUT2D eigenvalue weighted by Crippen LogP contribution is -2.47. The van der Waals surface area contributed by atoms with Gasteiger partial charge in [-0.25, -0.2) is 4.57 Å². The first-order chi connectivity index (χ1) is 38.4. The van der Waals surface area contributed by atoms with Gasteiger partial charge in [0, 0.05) is 12.8 Å².